The first-order valence-corrected chi connectivity index (χ1v) is 11.4. The van der Waals surface area contributed by atoms with Crippen LogP contribution in [0.5, 0.6) is 0 Å². The van der Waals surface area contributed by atoms with Crippen LogP contribution in [-0.2, 0) is 26.3 Å². The van der Waals surface area contributed by atoms with Crippen LogP contribution in [0.2, 0.25) is 0 Å². The lowest BCUT2D eigenvalue weighted by Crippen LogP contribution is -2.48. The molecule has 0 fully saturated rings. The van der Waals surface area contributed by atoms with Gasteiger partial charge in [-0.3, -0.25) is 4.79 Å². The molecule has 158 valence electrons. The quantitative estimate of drug-likeness (QED) is 0.381. The summed E-state index contributed by atoms with van der Waals surface area (Å²) in [4.78, 5) is 14.4. The Morgan fingerprint density at radius 1 is 1.06 bits per heavy atom. The maximum atomic E-state index is 13.4. The number of allylic oxidation sites excluding steroid dienone is 1. The molecule has 1 aliphatic carbocycles. The van der Waals surface area contributed by atoms with Crippen LogP contribution >= 0.6 is 11.3 Å². The molecule has 2 aliphatic rings. The fourth-order valence-corrected chi connectivity index (χ4v) is 5.61. The van der Waals surface area contributed by atoms with Crippen molar-refractivity contribution < 1.29 is 14.3 Å². The topological polar surface area (TPSA) is 59.3 Å². The van der Waals surface area contributed by atoms with E-state index in [-0.39, 0.29) is 18.7 Å². The maximum Gasteiger partial charge on any atom is 0.314 e. The lowest BCUT2D eigenvalue weighted by molar-refractivity contribution is -0.150. The molecule has 3 unspecified atom stereocenters. The number of fused-ring (bicyclic) bond motifs is 2. The van der Waals surface area contributed by atoms with E-state index in [2.05, 4.69) is 6.07 Å². The molecule has 0 spiro atoms. The average molecular weight is 440 g/mol. The number of hydrogen-bond donors (Lipinski definition) is 0. The summed E-state index contributed by atoms with van der Waals surface area (Å²) < 4.78 is 12.0. The van der Waals surface area contributed by atoms with Crippen molar-refractivity contribution in [3.8, 4) is 6.07 Å². The molecule has 1 aliphatic heterocycles. The van der Waals surface area contributed by atoms with E-state index in [4.69, 9.17) is 9.47 Å². The number of benzene rings is 2. The number of rotatable bonds is 5. The van der Waals surface area contributed by atoms with Crippen LogP contribution in [0.4, 0.5) is 0 Å². The molecule has 1 aromatic heterocycles. The standard InChI is InChI=1S/C27H21NO3S/c28-17-23-25(20-10-5-2-6-11-20)31-21-13-14-22(27(23,16-21)24-12-7-15-32-24)26(29)30-18-19-8-3-1-4-9-19/h1-15,21-22H,16,18H2. The molecule has 0 saturated heterocycles. The first kappa shape index (κ1) is 20.3. The normalized spacial score (nSPS) is 23.8. The summed E-state index contributed by atoms with van der Waals surface area (Å²) >= 11 is 1.56. The van der Waals surface area contributed by atoms with E-state index in [1.807, 2.05) is 90.3 Å². The van der Waals surface area contributed by atoms with Gasteiger partial charge in [-0.05, 0) is 23.1 Å². The van der Waals surface area contributed by atoms with E-state index >= 15 is 0 Å². The van der Waals surface area contributed by atoms with Gasteiger partial charge in [0.15, 0.2) is 0 Å². The second-order valence-electron chi connectivity index (χ2n) is 7.95. The van der Waals surface area contributed by atoms with Crippen LogP contribution in [-0.4, -0.2) is 12.1 Å². The molecular weight excluding hydrogens is 418 g/mol. The molecule has 4 nitrogen and oxygen atoms in total. The highest BCUT2D eigenvalue weighted by Crippen LogP contribution is 2.54. The zero-order chi connectivity index (χ0) is 22.0. The molecule has 2 bridgehead atoms. The van der Waals surface area contributed by atoms with E-state index in [0.717, 1.165) is 16.0 Å². The number of hydrogen-bond acceptors (Lipinski definition) is 5. The fourth-order valence-electron chi connectivity index (χ4n) is 4.62. The predicted molar refractivity (Wildman–Crippen MR) is 123 cm³/mol. The van der Waals surface area contributed by atoms with Gasteiger partial charge in [0, 0.05) is 16.9 Å². The molecule has 3 aromatic rings. The van der Waals surface area contributed by atoms with E-state index in [1.165, 1.54) is 0 Å². The van der Waals surface area contributed by atoms with E-state index in [0.29, 0.717) is 17.8 Å². The Morgan fingerprint density at radius 3 is 2.50 bits per heavy atom. The third kappa shape index (κ3) is 3.43. The Morgan fingerprint density at radius 2 is 1.81 bits per heavy atom. The lowest BCUT2D eigenvalue weighted by atomic mass is 9.61. The first-order valence-electron chi connectivity index (χ1n) is 10.5. The zero-order valence-electron chi connectivity index (χ0n) is 17.3. The Kier molecular flexibility index (Phi) is 5.38. The molecule has 0 amide bonds. The highest BCUT2D eigenvalue weighted by molar-refractivity contribution is 7.10. The lowest BCUT2D eigenvalue weighted by Gasteiger charge is -2.46. The number of thiophene rings is 1. The Labute approximate surface area is 191 Å². The van der Waals surface area contributed by atoms with E-state index < -0.39 is 11.3 Å². The van der Waals surface area contributed by atoms with Gasteiger partial charge in [0.25, 0.3) is 0 Å². The highest BCUT2D eigenvalue weighted by atomic mass is 32.1. The summed E-state index contributed by atoms with van der Waals surface area (Å²) in [5.41, 5.74) is 1.42. The molecule has 0 N–H and O–H groups in total. The molecule has 0 radical (unpaired) electrons. The minimum Gasteiger partial charge on any atom is -0.485 e. The summed E-state index contributed by atoms with van der Waals surface area (Å²) in [5, 5.41) is 12.3. The SMILES string of the molecule is N#CC1=C(c2ccccc2)OC2C=CC(C(=O)OCc3ccccc3)C1(c1cccs1)C2. The van der Waals surface area contributed by atoms with Crippen LogP contribution in [0.3, 0.4) is 0 Å². The van der Waals surface area contributed by atoms with Crippen molar-refractivity contribution in [2.45, 2.75) is 24.5 Å². The van der Waals surface area contributed by atoms with Crippen molar-refractivity contribution in [3.63, 3.8) is 0 Å². The van der Waals surface area contributed by atoms with Crippen molar-refractivity contribution in [3.05, 3.63) is 112 Å². The van der Waals surface area contributed by atoms with Gasteiger partial charge in [-0.1, -0.05) is 72.8 Å². The van der Waals surface area contributed by atoms with Crippen molar-refractivity contribution in [1.29, 1.82) is 5.26 Å². The minimum absolute atomic E-state index is 0.196. The van der Waals surface area contributed by atoms with Gasteiger partial charge < -0.3 is 9.47 Å². The smallest absolute Gasteiger partial charge is 0.314 e. The van der Waals surface area contributed by atoms with Crippen molar-refractivity contribution in [2.24, 2.45) is 5.92 Å². The summed E-state index contributed by atoms with van der Waals surface area (Å²) in [6, 6.07) is 25.6. The number of esters is 1. The van der Waals surface area contributed by atoms with Crippen molar-refractivity contribution in [1.82, 2.24) is 0 Å². The van der Waals surface area contributed by atoms with E-state index in [9.17, 15) is 10.1 Å². The average Bonchev–Trinajstić information content (AvgIpc) is 3.39. The Balaban J connectivity index is 1.60. The van der Waals surface area contributed by atoms with Crippen LogP contribution in [0.15, 0.2) is 95.9 Å². The van der Waals surface area contributed by atoms with Gasteiger partial charge in [0.1, 0.15) is 18.5 Å². The Bertz CT molecular complexity index is 1210. The summed E-state index contributed by atoms with van der Waals surface area (Å²) in [5.74, 6) is -0.402. The van der Waals surface area contributed by atoms with Crippen LogP contribution in [0.1, 0.15) is 22.4 Å². The molecule has 0 saturated carbocycles. The van der Waals surface area contributed by atoms with Crippen LogP contribution < -0.4 is 0 Å². The number of nitriles is 1. The van der Waals surface area contributed by atoms with Crippen molar-refractivity contribution in [2.75, 3.05) is 0 Å². The highest BCUT2D eigenvalue weighted by Gasteiger charge is 2.55. The zero-order valence-corrected chi connectivity index (χ0v) is 18.1. The summed E-state index contributed by atoms with van der Waals surface area (Å²) in [6.07, 6.45) is 4.09. The third-order valence-corrected chi connectivity index (χ3v) is 7.15. The second-order valence-corrected chi connectivity index (χ2v) is 8.89. The maximum absolute atomic E-state index is 13.4. The number of carbonyl (C=O) groups excluding carboxylic acids is 1. The molecule has 2 heterocycles. The minimum atomic E-state index is -0.820. The first-order chi connectivity index (χ1) is 15.7. The molecule has 32 heavy (non-hydrogen) atoms. The van der Waals surface area contributed by atoms with Gasteiger partial charge in [-0.2, -0.15) is 5.26 Å². The van der Waals surface area contributed by atoms with Crippen LogP contribution in [0, 0.1) is 17.2 Å². The second kappa shape index (κ2) is 8.49. The monoisotopic (exact) mass is 439 g/mol. The predicted octanol–water partition coefficient (Wildman–Crippen LogP) is 5.64. The third-order valence-electron chi connectivity index (χ3n) is 6.10. The van der Waals surface area contributed by atoms with E-state index in [1.54, 1.807) is 11.3 Å². The molecular formula is C27H21NO3S. The molecule has 5 rings (SSSR count). The molecule has 2 aromatic carbocycles. The largest absolute Gasteiger partial charge is 0.485 e. The van der Waals surface area contributed by atoms with Gasteiger partial charge in [-0.25, -0.2) is 0 Å². The number of carbonyl (C=O) groups is 1. The number of nitrogens with zero attached hydrogens (tertiary/aromatic N) is 1. The fraction of sp³-hybridized carbons (Fsp3) is 0.185. The van der Waals surface area contributed by atoms with Crippen molar-refractivity contribution >= 4 is 23.1 Å². The van der Waals surface area contributed by atoms with Gasteiger partial charge >= 0.3 is 5.97 Å². The van der Waals surface area contributed by atoms with Gasteiger partial charge in [0.05, 0.1) is 23.0 Å². The summed E-state index contributed by atoms with van der Waals surface area (Å²) in [6.45, 7) is 0.196. The molecule has 5 heteroatoms. The Hall–Kier alpha value is -3.62. The number of ether oxygens (including phenoxy) is 2. The summed E-state index contributed by atoms with van der Waals surface area (Å²) in [7, 11) is 0. The molecule has 3 atom stereocenters. The van der Waals surface area contributed by atoms with Gasteiger partial charge in [0.2, 0.25) is 0 Å². The van der Waals surface area contributed by atoms with Gasteiger partial charge in [-0.15, -0.1) is 11.3 Å². The van der Waals surface area contributed by atoms with Crippen LogP contribution in [0.25, 0.3) is 5.76 Å².